The Morgan fingerprint density at radius 1 is 0.875 bits per heavy atom. The highest BCUT2D eigenvalue weighted by Gasteiger charge is 2.20. The van der Waals surface area contributed by atoms with Crippen molar-refractivity contribution >= 4 is 38.9 Å². The normalized spacial score (nSPS) is 10.9. The molecule has 168 valence electrons. The molecule has 1 aromatic heterocycles. The van der Waals surface area contributed by atoms with Crippen molar-refractivity contribution in [3.63, 3.8) is 0 Å². The Morgan fingerprint density at radius 2 is 1.53 bits per heavy atom. The Balaban J connectivity index is 1.69. The Morgan fingerprint density at radius 3 is 2.22 bits per heavy atom. The molecule has 1 heterocycles. The fourth-order valence-corrected chi connectivity index (χ4v) is 4.72. The van der Waals surface area contributed by atoms with Crippen LogP contribution in [0.15, 0.2) is 70.3 Å². The first-order valence-corrected chi connectivity index (χ1v) is 11.8. The maximum atomic E-state index is 12.7. The summed E-state index contributed by atoms with van der Waals surface area (Å²) in [4.78, 5) is 25.2. The second-order valence-electron chi connectivity index (χ2n) is 6.33. The van der Waals surface area contributed by atoms with Crippen molar-refractivity contribution in [3.8, 4) is 5.75 Å². The summed E-state index contributed by atoms with van der Waals surface area (Å²) in [6.07, 6.45) is 0. The van der Waals surface area contributed by atoms with E-state index in [1.165, 1.54) is 25.3 Å². The van der Waals surface area contributed by atoms with E-state index < -0.39 is 21.8 Å². The summed E-state index contributed by atoms with van der Waals surface area (Å²) in [5.41, 5.74) is 4.96. The summed E-state index contributed by atoms with van der Waals surface area (Å²) in [6.45, 7) is 0.607. The van der Waals surface area contributed by atoms with Crippen LogP contribution in [0.4, 0.5) is 5.69 Å². The van der Waals surface area contributed by atoms with Crippen LogP contribution < -0.4 is 20.3 Å². The van der Waals surface area contributed by atoms with Gasteiger partial charge in [0.05, 0.1) is 23.4 Å². The quantitative estimate of drug-likeness (QED) is 0.323. The lowest BCUT2D eigenvalue weighted by atomic mass is 10.2. The van der Waals surface area contributed by atoms with Crippen molar-refractivity contribution in [2.45, 2.75) is 4.21 Å². The molecule has 0 atom stereocenters. The van der Waals surface area contributed by atoms with Crippen LogP contribution >= 0.6 is 11.3 Å². The number of amides is 2. The highest BCUT2D eigenvalue weighted by Crippen LogP contribution is 2.23. The summed E-state index contributed by atoms with van der Waals surface area (Å²) in [5.74, 6) is -0.955. The predicted molar refractivity (Wildman–Crippen MR) is 120 cm³/mol. The van der Waals surface area contributed by atoms with E-state index in [-0.39, 0.29) is 27.6 Å². The standard InChI is InChI=1S/C21H21N3O6S2/c1-29-12-13-30-18-10-5-3-8-16(18)21(26)23-22-20(25)15-7-2-4-9-17(15)24-32(27,28)19-11-6-14-31-19/h2-11,14,24H,12-13H2,1H3,(H,22,25)(H,23,26). The van der Waals surface area contributed by atoms with Gasteiger partial charge in [-0.3, -0.25) is 25.2 Å². The Kier molecular flexibility index (Phi) is 7.82. The van der Waals surface area contributed by atoms with E-state index in [1.54, 1.807) is 47.8 Å². The molecule has 0 saturated carbocycles. The number of hydrogen-bond donors (Lipinski definition) is 3. The first-order valence-electron chi connectivity index (χ1n) is 9.39. The molecule has 0 unspecified atom stereocenters. The molecule has 0 aliphatic rings. The fraction of sp³-hybridized carbons (Fsp3) is 0.143. The van der Waals surface area contributed by atoms with Gasteiger partial charge in [0.15, 0.2) is 0 Å². The van der Waals surface area contributed by atoms with Gasteiger partial charge in [0, 0.05) is 7.11 Å². The maximum absolute atomic E-state index is 12.7. The van der Waals surface area contributed by atoms with Crippen molar-refractivity contribution < 1.29 is 27.5 Å². The zero-order valence-corrected chi connectivity index (χ0v) is 18.7. The third kappa shape index (κ3) is 5.84. The van der Waals surface area contributed by atoms with Gasteiger partial charge < -0.3 is 9.47 Å². The van der Waals surface area contributed by atoms with Crippen LogP contribution in [0.2, 0.25) is 0 Å². The molecule has 0 fully saturated rings. The van der Waals surface area contributed by atoms with E-state index in [4.69, 9.17) is 9.47 Å². The second kappa shape index (κ2) is 10.8. The number of sulfonamides is 1. The number of nitrogens with one attached hydrogen (secondary N) is 3. The Labute approximate surface area is 189 Å². The van der Waals surface area contributed by atoms with Crippen LogP contribution in [0.25, 0.3) is 0 Å². The maximum Gasteiger partial charge on any atom is 0.273 e. The van der Waals surface area contributed by atoms with Crippen LogP contribution in [0.5, 0.6) is 5.75 Å². The van der Waals surface area contributed by atoms with E-state index in [0.29, 0.717) is 12.4 Å². The monoisotopic (exact) mass is 475 g/mol. The molecule has 9 nitrogen and oxygen atoms in total. The second-order valence-corrected chi connectivity index (χ2v) is 9.19. The number of thiophene rings is 1. The molecule has 32 heavy (non-hydrogen) atoms. The number of methoxy groups -OCH3 is 1. The minimum Gasteiger partial charge on any atom is -0.490 e. The van der Waals surface area contributed by atoms with Gasteiger partial charge in [0.1, 0.15) is 16.6 Å². The van der Waals surface area contributed by atoms with E-state index in [1.807, 2.05) is 0 Å². The average molecular weight is 476 g/mol. The third-order valence-electron chi connectivity index (χ3n) is 4.14. The van der Waals surface area contributed by atoms with Crippen molar-refractivity contribution in [3.05, 3.63) is 77.2 Å². The van der Waals surface area contributed by atoms with Crippen LogP contribution in [0, 0.1) is 0 Å². The van der Waals surface area contributed by atoms with Gasteiger partial charge in [-0.25, -0.2) is 8.42 Å². The fourth-order valence-electron chi connectivity index (χ4n) is 2.64. The lowest BCUT2D eigenvalue weighted by Gasteiger charge is -2.14. The molecule has 3 rings (SSSR count). The Bertz CT molecular complexity index is 1180. The molecule has 0 spiro atoms. The lowest BCUT2D eigenvalue weighted by molar-refractivity contribution is 0.0843. The lowest BCUT2D eigenvalue weighted by Crippen LogP contribution is -2.42. The number of carbonyl (C=O) groups excluding carboxylic acids is 2. The molecule has 0 aliphatic carbocycles. The summed E-state index contributed by atoms with van der Waals surface area (Å²) in [5, 5.41) is 1.64. The summed E-state index contributed by atoms with van der Waals surface area (Å²) in [6, 6.07) is 15.7. The van der Waals surface area contributed by atoms with E-state index in [0.717, 1.165) is 11.3 Å². The summed E-state index contributed by atoms with van der Waals surface area (Å²) >= 11 is 1.06. The number of hydrazine groups is 1. The molecule has 0 saturated heterocycles. The molecule has 3 aromatic rings. The largest absolute Gasteiger partial charge is 0.490 e. The van der Waals surface area contributed by atoms with Crippen molar-refractivity contribution in [1.29, 1.82) is 0 Å². The number of anilines is 1. The molecule has 3 N–H and O–H groups in total. The molecule has 2 amide bonds. The highest BCUT2D eigenvalue weighted by atomic mass is 32.2. The van der Waals surface area contributed by atoms with Crippen LogP contribution in [-0.2, 0) is 14.8 Å². The van der Waals surface area contributed by atoms with Crippen LogP contribution in [0.1, 0.15) is 20.7 Å². The van der Waals surface area contributed by atoms with Gasteiger partial charge in [-0.05, 0) is 35.7 Å². The molecule has 0 radical (unpaired) electrons. The minimum atomic E-state index is -3.84. The molecular formula is C21H21N3O6S2. The number of carbonyl (C=O) groups is 2. The average Bonchev–Trinajstić information content (AvgIpc) is 3.34. The van der Waals surface area contributed by atoms with Gasteiger partial charge in [-0.1, -0.05) is 30.3 Å². The van der Waals surface area contributed by atoms with Gasteiger partial charge in [-0.2, -0.15) is 0 Å². The highest BCUT2D eigenvalue weighted by molar-refractivity contribution is 7.94. The minimum absolute atomic E-state index is 0.0394. The topological polar surface area (TPSA) is 123 Å². The van der Waals surface area contributed by atoms with E-state index >= 15 is 0 Å². The van der Waals surface area contributed by atoms with Gasteiger partial charge in [0.2, 0.25) is 0 Å². The van der Waals surface area contributed by atoms with Crippen molar-refractivity contribution in [2.75, 3.05) is 25.0 Å². The SMILES string of the molecule is COCCOc1ccccc1C(=O)NNC(=O)c1ccccc1NS(=O)(=O)c1cccs1. The Hall–Kier alpha value is -3.41. The molecular weight excluding hydrogens is 454 g/mol. The molecule has 0 bridgehead atoms. The predicted octanol–water partition coefficient (Wildman–Crippen LogP) is 2.65. The van der Waals surface area contributed by atoms with E-state index in [9.17, 15) is 18.0 Å². The molecule has 0 aliphatic heterocycles. The van der Waals surface area contributed by atoms with Crippen LogP contribution in [0.3, 0.4) is 0 Å². The zero-order chi connectivity index (χ0) is 23.0. The van der Waals surface area contributed by atoms with Crippen molar-refractivity contribution in [2.24, 2.45) is 0 Å². The van der Waals surface area contributed by atoms with Gasteiger partial charge in [-0.15, -0.1) is 11.3 Å². The number of hydrogen-bond acceptors (Lipinski definition) is 7. The van der Waals surface area contributed by atoms with Gasteiger partial charge in [0.25, 0.3) is 21.8 Å². The first kappa shape index (κ1) is 23.3. The van der Waals surface area contributed by atoms with Crippen LogP contribution in [-0.4, -0.2) is 40.6 Å². The number of ether oxygens (including phenoxy) is 2. The summed E-state index contributed by atoms with van der Waals surface area (Å²) < 4.78 is 38.0. The first-order chi connectivity index (χ1) is 15.4. The van der Waals surface area contributed by atoms with Crippen molar-refractivity contribution in [1.82, 2.24) is 10.9 Å². The number of rotatable bonds is 9. The van der Waals surface area contributed by atoms with Gasteiger partial charge >= 0.3 is 0 Å². The van der Waals surface area contributed by atoms with E-state index in [2.05, 4.69) is 15.6 Å². The summed E-state index contributed by atoms with van der Waals surface area (Å²) in [7, 11) is -2.31. The molecule has 11 heteroatoms. The number of benzene rings is 2. The zero-order valence-electron chi connectivity index (χ0n) is 17.0. The molecule has 2 aromatic carbocycles. The third-order valence-corrected chi connectivity index (χ3v) is 6.91. The smallest absolute Gasteiger partial charge is 0.273 e. The number of para-hydroxylation sites is 2.